The quantitative estimate of drug-likeness (QED) is 0.643. The molecule has 0 aliphatic heterocycles. The highest BCUT2D eigenvalue weighted by molar-refractivity contribution is 7.20. The number of benzene rings is 1. The summed E-state index contributed by atoms with van der Waals surface area (Å²) < 4.78 is 1.66. The molecule has 1 amide bonds. The van der Waals surface area contributed by atoms with Gasteiger partial charge in [-0.15, -0.1) is 11.3 Å². The van der Waals surface area contributed by atoms with Crippen molar-refractivity contribution in [3.63, 3.8) is 0 Å². The number of unbranched alkanes of at least 4 members (excludes halogenated alkanes) is 2. The average molecular weight is 369 g/mol. The molecule has 0 saturated heterocycles. The number of hydrogen-bond acceptors (Lipinski definition) is 4. The molecule has 0 aliphatic carbocycles. The zero-order chi connectivity index (χ0) is 18.5. The third kappa shape index (κ3) is 3.85. The SMILES string of the molecule is CCCCCn1cnc2sc(C(=O)NCc3ccccc3)c(C)c2c1=O. The Morgan fingerprint density at radius 2 is 2.00 bits per heavy atom. The number of nitrogens with zero attached hydrogens (tertiary/aromatic N) is 2. The Labute approximate surface area is 156 Å². The molecule has 0 radical (unpaired) electrons. The van der Waals surface area contributed by atoms with Crippen molar-refractivity contribution in [2.24, 2.45) is 0 Å². The molecule has 0 atom stereocenters. The van der Waals surface area contributed by atoms with E-state index in [0.717, 1.165) is 30.4 Å². The largest absolute Gasteiger partial charge is 0.347 e. The second-order valence-corrected chi connectivity index (χ2v) is 7.35. The second kappa shape index (κ2) is 8.27. The van der Waals surface area contributed by atoms with Gasteiger partial charge in [-0.2, -0.15) is 0 Å². The smallest absolute Gasteiger partial charge is 0.262 e. The summed E-state index contributed by atoms with van der Waals surface area (Å²) >= 11 is 1.28. The Bertz CT molecular complexity index is 960. The molecule has 26 heavy (non-hydrogen) atoms. The highest BCUT2D eigenvalue weighted by Crippen LogP contribution is 2.26. The third-order valence-corrected chi connectivity index (χ3v) is 5.62. The van der Waals surface area contributed by atoms with Crippen LogP contribution in [0.3, 0.4) is 0 Å². The normalized spacial score (nSPS) is 11.0. The van der Waals surface area contributed by atoms with Crippen LogP contribution >= 0.6 is 11.3 Å². The van der Waals surface area contributed by atoms with Crippen molar-refractivity contribution in [2.75, 3.05) is 0 Å². The van der Waals surface area contributed by atoms with Gasteiger partial charge < -0.3 is 5.32 Å². The summed E-state index contributed by atoms with van der Waals surface area (Å²) in [6.07, 6.45) is 4.74. The molecule has 6 heteroatoms. The monoisotopic (exact) mass is 369 g/mol. The Hall–Kier alpha value is -2.47. The van der Waals surface area contributed by atoms with Gasteiger partial charge in [-0.25, -0.2) is 4.98 Å². The molecular weight excluding hydrogens is 346 g/mol. The van der Waals surface area contributed by atoms with Crippen LogP contribution in [0.15, 0.2) is 41.5 Å². The van der Waals surface area contributed by atoms with Gasteiger partial charge in [0.2, 0.25) is 0 Å². The van der Waals surface area contributed by atoms with Crippen LogP contribution in [0.25, 0.3) is 10.2 Å². The molecule has 2 aromatic heterocycles. The van der Waals surface area contributed by atoms with Crippen LogP contribution in [0.5, 0.6) is 0 Å². The lowest BCUT2D eigenvalue weighted by atomic mass is 10.2. The second-order valence-electron chi connectivity index (χ2n) is 6.35. The molecule has 0 saturated carbocycles. The number of amides is 1. The van der Waals surface area contributed by atoms with Gasteiger partial charge >= 0.3 is 0 Å². The Balaban J connectivity index is 1.83. The van der Waals surface area contributed by atoms with E-state index in [1.165, 1.54) is 11.3 Å². The maximum atomic E-state index is 12.8. The van der Waals surface area contributed by atoms with Crippen LogP contribution in [0, 0.1) is 6.92 Å². The van der Waals surface area contributed by atoms with Gasteiger partial charge in [-0.05, 0) is 24.5 Å². The Morgan fingerprint density at radius 1 is 1.23 bits per heavy atom. The predicted octanol–water partition coefficient (Wildman–Crippen LogP) is 3.89. The molecule has 2 heterocycles. The van der Waals surface area contributed by atoms with Crippen molar-refractivity contribution in [3.05, 3.63) is 63.0 Å². The minimum atomic E-state index is -0.161. The van der Waals surface area contributed by atoms with Crippen molar-refractivity contribution in [1.29, 1.82) is 0 Å². The van der Waals surface area contributed by atoms with Crippen molar-refractivity contribution >= 4 is 27.5 Å². The summed E-state index contributed by atoms with van der Waals surface area (Å²) in [4.78, 5) is 30.9. The Kier molecular flexibility index (Phi) is 5.83. The van der Waals surface area contributed by atoms with Crippen molar-refractivity contribution in [1.82, 2.24) is 14.9 Å². The molecule has 0 spiro atoms. The topological polar surface area (TPSA) is 64.0 Å². The first-order valence-electron chi connectivity index (χ1n) is 8.92. The van der Waals surface area contributed by atoms with Crippen LogP contribution in [-0.2, 0) is 13.1 Å². The van der Waals surface area contributed by atoms with Gasteiger partial charge in [-0.3, -0.25) is 14.2 Å². The summed E-state index contributed by atoms with van der Waals surface area (Å²) in [6, 6.07) is 9.76. The zero-order valence-corrected chi connectivity index (χ0v) is 15.9. The molecule has 3 aromatic rings. The summed E-state index contributed by atoms with van der Waals surface area (Å²) in [6.45, 7) is 5.09. The first kappa shape index (κ1) is 18.3. The molecule has 5 nitrogen and oxygen atoms in total. The van der Waals surface area contributed by atoms with Gasteiger partial charge in [-0.1, -0.05) is 50.1 Å². The maximum absolute atomic E-state index is 12.8. The summed E-state index contributed by atoms with van der Waals surface area (Å²) in [5, 5.41) is 3.50. The van der Waals surface area contributed by atoms with E-state index in [1.54, 1.807) is 10.9 Å². The van der Waals surface area contributed by atoms with E-state index in [1.807, 2.05) is 37.3 Å². The van der Waals surface area contributed by atoms with Gasteiger partial charge in [0.15, 0.2) is 0 Å². The standard InChI is InChI=1S/C20H23N3O2S/c1-3-4-8-11-23-13-22-19-16(20(23)25)14(2)17(26-19)18(24)21-12-15-9-6-5-7-10-15/h5-7,9-10,13H,3-4,8,11-12H2,1-2H3,(H,21,24). The molecule has 0 bridgehead atoms. The van der Waals surface area contributed by atoms with Crippen LogP contribution in [-0.4, -0.2) is 15.5 Å². The minimum Gasteiger partial charge on any atom is -0.347 e. The molecular formula is C20H23N3O2S. The van der Waals surface area contributed by atoms with Gasteiger partial charge in [0, 0.05) is 13.1 Å². The molecule has 1 aromatic carbocycles. The number of rotatable bonds is 7. The number of carbonyl (C=O) groups is 1. The van der Waals surface area contributed by atoms with Crippen molar-refractivity contribution < 1.29 is 4.79 Å². The number of hydrogen-bond donors (Lipinski definition) is 1. The number of fused-ring (bicyclic) bond motifs is 1. The lowest BCUT2D eigenvalue weighted by molar-refractivity contribution is 0.0954. The van der Waals surface area contributed by atoms with Crippen molar-refractivity contribution in [2.45, 2.75) is 46.2 Å². The number of carbonyl (C=O) groups excluding carboxylic acids is 1. The van der Waals surface area contributed by atoms with E-state index in [0.29, 0.717) is 28.2 Å². The van der Waals surface area contributed by atoms with E-state index in [4.69, 9.17) is 0 Å². The van der Waals surface area contributed by atoms with Crippen LogP contribution in [0.4, 0.5) is 0 Å². The zero-order valence-electron chi connectivity index (χ0n) is 15.1. The summed E-state index contributed by atoms with van der Waals surface area (Å²) in [5.41, 5.74) is 1.70. The number of aryl methyl sites for hydroxylation is 2. The lowest BCUT2D eigenvalue weighted by Gasteiger charge is -2.05. The first-order valence-corrected chi connectivity index (χ1v) is 9.74. The minimum absolute atomic E-state index is 0.0537. The fourth-order valence-corrected chi connectivity index (χ4v) is 3.98. The third-order valence-electron chi connectivity index (χ3n) is 4.42. The van der Waals surface area contributed by atoms with Gasteiger partial charge in [0.1, 0.15) is 4.83 Å². The molecule has 0 aliphatic rings. The summed E-state index contributed by atoms with van der Waals surface area (Å²) in [7, 11) is 0. The van der Waals surface area contributed by atoms with E-state index in [-0.39, 0.29) is 11.5 Å². The fraction of sp³-hybridized carbons (Fsp3) is 0.350. The van der Waals surface area contributed by atoms with Gasteiger partial charge in [0.25, 0.3) is 11.5 Å². The average Bonchev–Trinajstić information content (AvgIpc) is 3.00. The predicted molar refractivity (Wildman–Crippen MR) is 106 cm³/mol. The highest BCUT2D eigenvalue weighted by Gasteiger charge is 2.19. The Morgan fingerprint density at radius 3 is 2.73 bits per heavy atom. The molecule has 136 valence electrons. The van der Waals surface area contributed by atoms with E-state index < -0.39 is 0 Å². The highest BCUT2D eigenvalue weighted by atomic mass is 32.1. The fourth-order valence-electron chi connectivity index (χ4n) is 2.93. The number of aromatic nitrogens is 2. The summed E-state index contributed by atoms with van der Waals surface area (Å²) in [5.74, 6) is -0.161. The van der Waals surface area contributed by atoms with Crippen LogP contribution in [0.2, 0.25) is 0 Å². The molecule has 0 fully saturated rings. The number of thiophene rings is 1. The van der Waals surface area contributed by atoms with E-state index in [2.05, 4.69) is 17.2 Å². The van der Waals surface area contributed by atoms with Gasteiger partial charge in [0.05, 0.1) is 16.6 Å². The molecule has 1 N–H and O–H groups in total. The lowest BCUT2D eigenvalue weighted by Crippen LogP contribution is -2.23. The first-order chi connectivity index (χ1) is 12.6. The molecule has 0 unspecified atom stereocenters. The number of nitrogens with one attached hydrogen (secondary N) is 1. The molecule has 3 rings (SSSR count). The van der Waals surface area contributed by atoms with Crippen LogP contribution < -0.4 is 10.9 Å². The van der Waals surface area contributed by atoms with E-state index in [9.17, 15) is 9.59 Å². The van der Waals surface area contributed by atoms with Crippen molar-refractivity contribution in [3.8, 4) is 0 Å². The van der Waals surface area contributed by atoms with Crippen LogP contribution in [0.1, 0.15) is 47.0 Å². The maximum Gasteiger partial charge on any atom is 0.262 e. The van der Waals surface area contributed by atoms with E-state index >= 15 is 0 Å².